The van der Waals surface area contributed by atoms with Gasteiger partial charge in [-0.2, -0.15) is 5.10 Å². The summed E-state index contributed by atoms with van der Waals surface area (Å²) in [6, 6.07) is 16.8. The molecule has 4 rings (SSSR count). The number of hydrogen-bond donors (Lipinski definition) is 2. The van der Waals surface area contributed by atoms with Gasteiger partial charge in [0.25, 0.3) is 5.91 Å². The molecule has 0 spiro atoms. The molecule has 2 atom stereocenters. The maximum atomic E-state index is 12.8. The van der Waals surface area contributed by atoms with Gasteiger partial charge in [0.2, 0.25) is 5.91 Å². The largest absolute Gasteiger partial charge is 0.376 e. The summed E-state index contributed by atoms with van der Waals surface area (Å²) in [5.74, 6) is -0.798. The minimum Gasteiger partial charge on any atom is -0.376 e. The average Bonchev–Trinajstić information content (AvgIpc) is 3.24. The van der Waals surface area contributed by atoms with Gasteiger partial charge >= 0.3 is 0 Å². The molecular formula is C24H29N5O3. The fourth-order valence-electron chi connectivity index (χ4n) is 4.10. The van der Waals surface area contributed by atoms with Crippen LogP contribution in [-0.4, -0.2) is 54.3 Å². The van der Waals surface area contributed by atoms with Crippen LogP contribution in [0.2, 0.25) is 0 Å². The molecule has 2 aliphatic heterocycles. The lowest BCUT2D eigenvalue weighted by molar-refractivity contribution is -0.119. The van der Waals surface area contributed by atoms with Crippen molar-refractivity contribution in [1.82, 2.24) is 10.2 Å². The first-order chi connectivity index (χ1) is 15.5. The van der Waals surface area contributed by atoms with E-state index in [1.165, 1.54) is 10.6 Å². The number of hydrogen-bond acceptors (Lipinski definition) is 6. The van der Waals surface area contributed by atoms with Crippen LogP contribution < -0.4 is 16.1 Å². The van der Waals surface area contributed by atoms with Gasteiger partial charge in [-0.3, -0.25) is 19.5 Å². The third-order valence-electron chi connectivity index (χ3n) is 5.70. The SMILES string of the molecule is CC1CN(Cc2cccc(CNC(=O)C3=NN(c4ccccc4)C(C(N)=O)C3)c2)CCO1. The minimum atomic E-state index is -0.669. The highest BCUT2D eigenvalue weighted by Gasteiger charge is 2.34. The molecule has 2 heterocycles. The molecule has 2 amide bonds. The molecule has 8 nitrogen and oxygen atoms in total. The number of ether oxygens (including phenoxy) is 1. The maximum Gasteiger partial charge on any atom is 0.267 e. The van der Waals surface area contributed by atoms with E-state index in [1.54, 1.807) is 0 Å². The fraction of sp³-hybridized carbons (Fsp3) is 0.375. The topological polar surface area (TPSA) is 100 Å². The highest BCUT2D eigenvalue weighted by molar-refractivity contribution is 6.40. The summed E-state index contributed by atoms with van der Waals surface area (Å²) in [5.41, 5.74) is 8.80. The quantitative estimate of drug-likeness (QED) is 0.689. The monoisotopic (exact) mass is 435 g/mol. The summed E-state index contributed by atoms with van der Waals surface area (Å²) in [4.78, 5) is 27.1. The van der Waals surface area contributed by atoms with Crippen LogP contribution in [0.15, 0.2) is 59.7 Å². The van der Waals surface area contributed by atoms with E-state index in [0.29, 0.717) is 12.3 Å². The van der Waals surface area contributed by atoms with Crippen molar-refractivity contribution < 1.29 is 14.3 Å². The lowest BCUT2D eigenvalue weighted by Crippen LogP contribution is -2.40. The number of primary amides is 1. The number of rotatable bonds is 7. The number of morpholine rings is 1. The van der Waals surface area contributed by atoms with E-state index in [0.717, 1.165) is 37.5 Å². The van der Waals surface area contributed by atoms with E-state index in [2.05, 4.69) is 34.4 Å². The van der Waals surface area contributed by atoms with Gasteiger partial charge in [0.15, 0.2) is 0 Å². The van der Waals surface area contributed by atoms with Gasteiger partial charge in [-0.15, -0.1) is 0 Å². The molecule has 3 N–H and O–H groups in total. The highest BCUT2D eigenvalue weighted by atomic mass is 16.5. The second-order valence-corrected chi connectivity index (χ2v) is 8.27. The van der Waals surface area contributed by atoms with Crippen molar-refractivity contribution in [2.75, 3.05) is 24.7 Å². The first-order valence-corrected chi connectivity index (χ1v) is 10.9. The Kier molecular flexibility index (Phi) is 6.82. The molecule has 2 aromatic carbocycles. The van der Waals surface area contributed by atoms with E-state index >= 15 is 0 Å². The Morgan fingerprint density at radius 3 is 2.69 bits per heavy atom. The Morgan fingerprint density at radius 1 is 1.16 bits per heavy atom. The third kappa shape index (κ3) is 5.33. The molecule has 2 aliphatic rings. The molecular weight excluding hydrogens is 406 g/mol. The molecule has 32 heavy (non-hydrogen) atoms. The number of benzene rings is 2. The molecule has 2 aromatic rings. The Bertz CT molecular complexity index is 994. The molecule has 0 radical (unpaired) electrons. The van der Waals surface area contributed by atoms with Gasteiger partial charge in [-0.25, -0.2) is 0 Å². The summed E-state index contributed by atoms with van der Waals surface area (Å²) in [7, 11) is 0. The van der Waals surface area contributed by atoms with Gasteiger partial charge in [-0.05, 0) is 30.2 Å². The van der Waals surface area contributed by atoms with Crippen LogP contribution in [0.25, 0.3) is 0 Å². The summed E-state index contributed by atoms with van der Waals surface area (Å²) < 4.78 is 5.61. The minimum absolute atomic E-state index is 0.186. The van der Waals surface area contributed by atoms with Crippen molar-refractivity contribution in [3.05, 3.63) is 65.7 Å². The van der Waals surface area contributed by atoms with Gasteiger partial charge in [0.1, 0.15) is 11.8 Å². The summed E-state index contributed by atoms with van der Waals surface area (Å²) in [6.45, 7) is 5.92. The zero-order chi connectivity index (χ0) is 22.5. The average molecular weight is 436 g/mol. The van der Waals surface area contributed by atoms with E-state index in [9.17, 15) is 9.59 Å². The zero-order valence-electron chi connectivity index (χ0n) is 18.2. The Balaban J connectivity index is 1.37. The number of para-hydroxylation sites is 1. The van der Waals surface area contributed by atoms with Crippen LogP contribution >= 0.6 is 0 Å². The van der Waals surface area contributed by atoms with Crippen molar-refractivity contribution in [2.24, 2.45) is 10.8 Å². The molecule has 8 heteroatoms. The Morgan fingerprint density at radius 2 is 1.94 bits per heavy atom. The van der Waals surface area contributed by atoms with Crippen LogP contribution in [0.5, 0.6) is 0 Å². The smallest absolute Gasteiger partial charge is 0.267 e. The molecule has 0 aromatic heterocycles. The Labute approximate surface area is 188 Å². The summed E-state index contributed by atoms with van der Waals surface area (Å²) >= 11 is 0. The highest BCUT2D eigenvalue weighted by Crippen LogP contribution is 2.24. The van der Waals surface area contributed by atoms with E-state index < -0.39 is 11.9 Å². The number of hydrazone groups is 1. The van der Waals surface area contributed by atoms with Gasteiger partial charge < -0.3 is 15.8 Å². The number of nitrogens with two attached hydrogens (primary N) is 1. The first-order valence-electron chi connectivity index (χ1n) is 10.9. The maximum absolute atomic E-state index is 12.8. The van der Waals surface area contributed by atoms with Crippen molar-refractivity contribution in [1.29, 1.82) is 0 Å². The van der Waals surface area contributed by atoms with Crippen LogP contribution in [-0.2, 0) is 27.4 Å². The molecule has 168 valence electrons. The third-order valence-corrected chi connectivity index (χ3v) is 5.70. The number of anilines is 1. The number of carbonyl (C=O) groups excluding carboxylic acids is 2. The van der Waals surface area contributed by atoms with Crippen LogP contribution in [0.1, 0.15) is 24.5 Å². The lowest BCUT2D eigenvalue weighted by atomic mass is 10.1. The number of nitrogens with zero attached hydrogens (tertiary/aromatic N) is 3. The first kappa shape index (κ1) is 22.0. The van der Waals surface area contributed by atoms with Gasteiger partial charge in [0.05, 0.1) is 18.4 Å². The summed E-state index contributed by atoms with van der Waals surface area (Å²) in [5, 5.41) is 8.85. The molecule has 0 aliphatic carbocycles. The predicted octanol–water partition coefficient (Wildman–Crippen LogP) is 1.64. The molecule has 2 unspecified atom stereocenters. The fourth-order valence-corrected chi connectivity index (χ4v) is 4.10. The normalized spacial score (nSPS) is 21.3. The van der Waals surface area contributed by atoms with Crippen LogP contribution in [0.4, 0.5) is 5.69 Å². The second kappa shape index (κ2) is 9.93. The lowest BCUT2D eigenvalue weighted by Gasteiger charge is -2.31. The predicted molar refractivity (Wildman–Crippen MR) is 123 cm³/mol. The van der Waals surface area contributed by atoms with Gasteiger partial charge in [0, 0.05) is 32.6 Å². The Hall–Kier alpha value is -3.23. The molecule has 1 saturated heterocycles. The van der Waals surface area contributed by atoms with E-state index in [-0.39, 0.29) is 18.4 Å². The standard InChI is InChI=1S/C24H29N5O3/c1-17-15-28(10-11-32-17)16-19-7-5-6-18(12-19)14-26-24(31)21-13-22(23(25)30)29(27-21)20-8-3-2-4-9-20/h2-9,12,17,22H,10-11,13-16H2,1H3,(H2,25,30)(H,26,31). The number of carbonyl (C=O) groups is 2. The zero-order valence-corrected chi connectivity index (χ0v) is 18.2. The number of nitrogens with one attached hydrogen (secondary N) is 1. The van der Waals surface area contributed by atoms with E-state index in [4.69, 9.17) is 10.5 Å². The van der Waals surface area contributed by atoms with E-state index in [1.807, 2.05) is 42.5 Å². The van der Waals surface area contributed by atoms with Crippen molar-refractivity contribution in [2.45, 2.75) is 38.6 Å². The van der Waals surface area contributed by atoms with Crippen LogP contribution in [0, 0.1) is 0 Å². The van der Waals surface area contributed by atoms with Gasteiger partial charge in [-0.1, -0.05) is 42.5 Å². The van der Waals surface area contributed by atoms with Crippen LogP contribution in [0.3, 0.4) is 0 Å². The van der Waals surface area contributed by atoms with Crippen molar-refractivity contribution >= 4 is 23.2 Å². The van der Waals surface area contributed by atoms with Crippen molar-refractivity contribution in [3.63, 3.8) is 0 Å². The van der Waals surface area contributed by atoms with Crippen molar-refractivity contribution in [3.8, 4) is 0 Å². The second-order valence-electron chi connectivity index (χ2n) is 8.27. The molecule has 1 fully saturated rings. The number of amides is 2. The molecule has 0 saturated carbocycles. The molecule has 0 bridgehead atoms. The summed E-state index contributed by atoms with van der Waals surface area (Å²) in [6.07, 6.45) is 0.434.